The molecule has 0 aromatic carbocycles. The number of aliphatic imine (C=N–C) groups is 1. The van der Waals surface area contributed by atoms with Crippen LogP contribution in [0.4, 0.5) is 0 Å². The van der Waals surface area contributed by atoms with Gasteiger partial charge in [0.05, 0.1) is 12.5 Å². The maximum absolute atomic E-state index is 11.9. The molecular formula is C17H26N4O2. The summed E-state index contributed by atoms with van der Waals surface area (Å²) in [6.45, 7) is 4.63. The second kappa shape index (κ2) is 9.12. The number of hydrogen-bond donors (Lipinski definition) is 1. The number of rotatable bonds is 5. The van der Waals surface area contributed by atoms with Crippen molar-refractivity contribution >= 4 is 11.9 Å². The Kier molecular flexibility index (Phi) is 6.84. The molecule has 2 heterocycles. The molecule has 1 aliphatic heterocycles. The molecule has 1 unspecified atom stereocenters. The highest BCUT2D eigenvalue weighted by molar-refractivity contribution is 5.81. The lowest BCUT2D eigenvalue weighted by Gasteiger charge is -2.33. The van der Waals surface area contributed by atoms with Crippen molar-refractivity contribution in [1.29, 1.82) is 0 Å². The summed E-state index contributed by atoms with van der Waals surface area (Å²) in [6, 6.07) is 5.92. The quantitative estimate of drug-likeness (QED) is 0.506. The first-order valence-electron chi connectivity index (χ1n) is 8.26. The average Bonchev–Trinajstić information content (AvgIpc) is 2.60. The van der Waals surface area contributed by atoms with Gasteiger partial charge >= 0.3 is 5.97 Å². The van der Waals surface area contributed by atoms with Crippen molar-refractivity contribution < 1.29 is 9.53 Å². The monoisotopic (exact) mass is 318 g/mol. The molecule has 1 aromatic heterocycles. The SMILES string of the molecule is CCOC(=O)C1CCCN(C(=NC)NCCc2ccccn2)C1. The largest absolute Gasteiger partial charge is 0.466 e. The zero-order valence-corrected chi connectivity index (χ0v) is 14.0. The van der Waals surface area contributed by atoms with Crippen molar-refractivity contribution in [3.05, 3.63) is 30.1 Å². The molecule has 1 fully saturated rings. The van der Waals surface area contributed by atoms with Gasteiger partial charge < -0.3 is 15.0 Å². The molecule has 1 aliphatic rings. The summed E-state index contributed by atoms with van der Waals surface area (Å²) in [5, 5.41) is 3.36. The van der Waals surface area contributed by atoms with E-state index in [9.17, 15) is 4.79 Å². The number of esters is 1. The molecule has 0 spiro atoms. The highest BCUT2D eigenvalue weighted by Crippen LogP contribution is 2.18. The van der Waals surface area contributed by atoms with Crippen LogP contribution in [0.15, 0.2) is 29.4 Å². The van der Waals surface area contributed by atoms with E-state index < -0.39 is 0 Å². The molecule has 1 saturated heterocycles. The van der Waals surface area contributed by atoms with Gasteiger partial charge in [-0.1, -0.05) is 6.07 Å². The Labute approximate surface area is 138 Å². The van der Waals surface area contributed by atoms with Crippen LogP contribution in [-0.2, 0) is 16.0 Å². The number of nitrogens with one attached hydrogen (secondary N) is 1. The number of piperidine rings is 1. The van der Waals surface area contributed by atoms with Crippen molar-refractivity contribution in [2.45, 2.75) is 26.2 Å². The summed E-state index contributed by atoms with van der Waals surface area (Å²) in [5.74, 6) is 0.689. The number of ether oxygens (including phenoxy) is 1. The summed E-state index contributed by atoms with van der Waals surface area (Å²) >= 11 is 0. The Morgan fingerprint density at radius 2 is 2.39 bits per heavy atom. The van der Waals surface area contributed by atoms with E-state index in [1.807, 2.05) is 25.1 Å². The topological polar surface area (TPSA) is 66.8 Å². The van der Waals surface area contributed by atoms with E-state index in [1.165, 1.54) is 0 Å². The van der Waals surface area contributed by atoms with Gasteiger partial charge in [0.1, 0.15) is 0 Å². The van der Waals surface area contributed by atoms with Gasteiger partial charge in [-0.2, -0.15) is 0 Å². The van der Waals surface area contributed by atoms with Gasteiger partial charge in [0, 0.05) is 45.0 Å². The van der Waals surface area contributed by atoms with Gasteiger partial charge in [-0.15, -0.1) is 0 Å². The van der Waals surface area contributed by atoms with E-state index in [4.69, 9.17) is 4.74 Å². The molecule has 126 valence electrons. The molecule has 23 heavy (non-hydrogen) atoms. The molecule has 6 nitrogen and oxygen atoms in total. The van der Waals surface area contributed by atoms with Crippen LogP contribution in [0.2, 0.25) is 0 Å². The van der Waals surface area contributed by atoms with Crippen molar-refractivity contribution in [2.24, 2.45) is 10.9 Å². The van der Waals surface area contributed by atoms with Crippen LogP contribution in [0.3, 0.4) is 0 Å². The predicted octanol–water partition coefficient (Wildman–Crippen LogP) is 1.47. The van der Waals surface area contributed by atoms with Crippen LogP contribution in [-0.4, -0.2) is 55.1 Å². The summed E-state index contributed by atoms with van der Waals surface area (Å²) in [4.78, 5) is 22.7. The number of carbonyl (C=O) groups is 1. The Morgan fingerprint density at radius 1 is 1.52 bits per heavy atom. The maximum atomic E-state index is 11.9. The summed E-state index contributed by atoms with van der Waals surface area (Å²) in [7, 11) is 1.77. The first-order valence-corrected chi connectivity index (χ1v) is 8.26. The van der Waals surface area contributed by atoms with E-state index in [2.05, 4.69) is 20.2 Å². The molecule has 1 N–H and O–H groups in total. The van der Waals surface area contributed by atoms with Gasteiger partial charge in [0.2, 0.25) is 0 Å². The Balaban J connectivity index is 1.84. The van der Waals surface area contributed by atoms with E-state index in [-0.39, 0.29) is 11.9 Å². The average molecular weight is 318 g/mol. The van der Waals surface area contributed by atoms with E-state index in [0.717, 1.165) is 44.0 Å². The van der Waals surface area contributed by atoms with Gasteiger partial charge in [0.25, 0.3) is 0 Å². The molecule has 0 aliphatic carbocycles. The summed E-state index contributed by atoms with van der Waals surface area (Å²) in [6.07, 6.45) is 4.51. The van der Waals surface area contributed by atoms with Crippen molar-refractivity contribution in [3.8, 4) is 0 Å². The summed E-state index contributed by atoms with van der Waals surface area (Å²) in [5.41, 5.74) is 1.05. The fourth-order valence-corrected chi connectivity index (χ4v) is 2.80. The van der Waals surface area contributed by atoms with Gasteiger partial charge in [0.15, 0.2) is 5.96 Å². The van der Waals surface area contributed by atoms with Crippen LogP contribution in [0.1, 0.15) is 25.5 Å². The third kappa shape index (κ3) is 5.23. The van der Waals surface area contributed by atoms with Crippen molar-refractivity contribution in [2.75, 3.05) is 33.3 Å². The minimum atomic E-state index is -0.0962. The number of guanidine groups is 1. The van der Waals surface area contributed by atoms with Crippen molar-refractivity contribution in [3.63, 3.8) is 0 Å². The molecular weight excluding hydrogens is 292 g/mol. The fourth-order valence-electron chi connectivity index (χ4n) is 2.80. The number of likely N-dealkylation sites (tertiary alicyclic amines) is 1. The van der Waals surface area contributed by atoms with Gasteiger partial charge in [-0.25, -0.2) is 0 Å². The highest BCUT2D eigenvalue weighted by Gasteiger charge is 2.28. The van der Waals surface area contributed by atoms with Crippen LogP contribution < -0.4 is 5.32 Å². The molecule has 0 bridgehead atoms. The minimum Gasteiger partial charge on any atom is -0.466 e. The standard InChI is InChI=1S/C17H26N4O2/c1-3-23-16(22)14-7-6-12-21(13-14)17(18-2)20-11-9-15-8-4-5-10-19-15/h4-5,8,10,14H,3,6-7,9,11-13H2,1-2H3,(H,18,20). The Hall–Kier alpha value is -2.11. The zero-order chi connectivity index (χ0) is 16.5. The molecule has 2 rings (SSSR count). The second-order valence-corrected chi connectivity index (χ2v) is 5.58. The Bertz CT molecular complexity index is 519. The first kappa shape index (κ1) is 17.2. The number of hydrogen-bond acceptors (Lipinski definition) is 4. The van der Waals surface area contributed by atoms with Crippen LogP contribution in [0, 0.1) is 5.92 Å². The van der Waals surface area contributed by atoms with Gasteiger partial charge in [-0.05, 0) is 31.9 Å². The number of pyridine rings is 1. The lowest BCUT2D eigenvalue weighted by Crippen LogP contribution is -2.48. The smallest absolute Gasteiger partial charge is 0.310 e. The molecule has 0 saturated carbocycles. The molecule has 1 atom stereocenters. The number of carbonyl (C=O) groups excluding carboxylic acids is 1. The van der Waals surface area contributed by atoms with E-state index >= 15 is 0 Å². The molecule has 6 heteroatoms. The lowest BCUT2D eigenvalue weighted by molar-refractivity contribution is -0.149. The second-order valence-electron chi connectivity index (χ2n) is 5.58. The fraction of sp³-hybridized carbons (Fsp3) is 0.588. The molecule has 0 amide bonds. The van der Waals surface area contributed by atoms with Crippen LogP contribution in [0.25, 0.3) is 0 Å². The third-order valence-electron chi connectivity index (χ3n) is 3.94. The minimum absolute atomic E-state index is 0.0574. The molecule has 1 aromatic rings. The van der Waals surface area contributed by atoms with Crippen molar-refractivity contribution in [1.82, 2.24) is 15.2 Å². The van der Waals surface area contributed by atoms with Crippen LogP contribution >= 0.6 is 0 Å². The predicted molar refractivity (Wildman–Crippen MR) is 90.2 cm³/mol. The highest BCUT2D eigenvalue weighted by atomic mass is 16.5. The van der Waals surface area contributed by atoms with E-state index in [0.29, 0.717) is 13.2 Å². The summed E-state index contributed by atoms with van der Waals surface area (Å²) < 4.78 is 5.15. The zero-order valence-electron chi connectivity index (χ0n) is 14.0. The number of aromatic nitrogens is 1. The Morgan fingerprint density at radius 3 is 3.09 bits per heavy atom. The maximum Gasteiger partial charge on any atom is 0.310 e. The number of nitrogens with zero attached hydrogens (tertiary/aromatic N) is 3. The van der Waals surface area contributed by atoms with Gasteiger partial charge in [-0.3, -0.25) is 14.8 Å². The first-order chi connectivity index (χ1) is 11.2. The van der Waals surface area contributed by atoms with E-state index in [1.54, 1.807) is 13.2 Å². The van der Waals surface area contributed by atoms with Crippen LogP contribution in [0.5, 0.6) is 0 Å². The molecule has 0 radical (unpaired) electrons. The lowest BCUT2D eigenvalue weighted by atomic mass is 9.98. The third-order valence-corrected chi connectivity index (χ3v) is 3.94. The normalized spacial score (nSPS) is 18.6.